The highest BCUT2D eigenvalue weighted by atomic mass is 32.2. The van der Waals surface area contributed by atoms with Crippen LogP contribution in [0.2, 0.25) is 0 Å². The molecule has 0 bridgehead atoms. The lowest BCUT2D eigenvalue weighted by atomic mass is 10.2. The van der Waals surface area contributed by atoms with Crippen LogP contribution in [0, 0.1) is 0 Å². The maximum atomic E-state index is 11.5. The normalized spacial score (nSPS) is 27.7. The number of nitrogens with zero attached hydrogens (tertiary/aromatic N) is 2. The summed E-state index contributed by atoms with van der Waals surface area (Å²) < 4.78 is 23.0. The molecule has 0 radical (unpaired) electrons. The van der Waals surface area contributed by atoms with Crippen molar-refractivity contribution in [2.75, 3.05) is 38.2 Å². The van der Waals surface area contributed by atoms with E-state index in [-0.39, 0.29) is 17.5 Å². The maximum Gasteiger partial charge on any atom is 0.191 e. The van der Waals surface area contributed by atoms with Gasteiger partial charge in [0.05, 0.1) is 11.5 Å². The summed E-state index contributed by atoms with van der Waals surface area (Å²) in [5.41, 5.74) is 0. The Morgan fingerprint density at radius 1 is 1.38 bits per heavy atom. The zero-order chi connectivity index (χ0) is 15.3. The predicted octanol–water partition coefficient (Wildman–Crippen LogP) is 0.213. The number of guanidine groups is 1. The van der Waals surface area contributed by atoms with Gasteiger partial charge >= 0.3 is 0 Å². The van der Waals surface area contributed by atoms with Crippen LogP contribution < -0.4 is 10.6 Å². The van der Waals surface area contributed by atoms with Crippen molar-refractivity contribution in [1.29, 1.82) is 0 Å². The lowest BCUT2D eigenvalue weighted by Gasteiger charge is -2.27. The summed E-state index contributed by atoms with van der Waals surface area (Å²) in [7, 11) is -1.12. The predicted molar refractivity (Wildman–Crippen MR) is 86.4 cm³/mol. The van der Waals surface area contributed by atoms with Crippen LogP contribution in [0.5, 0.6) is 0 Å². The van der Waals surface area contributed by atoms with E-state index >= 15 is 0 Å². The van der Waals surface area contributed by atoms with Crippen LogP contribution in [0.15, 0.2) is 4.99 Å². The van der Waals surface area contributed by atoms with Crippen molar-refractivity contribution >= 4 is 15.8 Å². The first-order chi connectivity index (χ1) is 10.0. The van der Waals surface area contributed by atoms with Crippen molar-refractivity contribution < 1.29 is 8.42 Å². The fourth-order valence-electron chi connectivity index (χ4n) is 3.15. The molecule has 0 aromatic carbocycles. The summed E-state index contributed by atoms with van der Waals surface area (Å²) in [5, 5.41) is 6.59. The molecule has 0 amide bonds. The molecule has 2 fully saturated rings. The molecule has 2 atom stereocenters. The van der Waals surface area contributed by atoms with Crippen molar-refractivity contribution in [2.24, 2.45) is 4.99 Å². The van der Waals surface area contributed by atoms with Gasteiger partial charge in [0, 0.05) is 25.7 Å². The lowest BCUT2D eigenvalue weighted by Crippen LogP contribution is -2.49. The maximum absolute atomic E-state index is 11.5. The Hall–Kier alpha value is -0.820. The van der Waals surface area contributed by atoms with E-state index < -0.39 is 9.84 Å². The van der Waals surface area contributed by atoms with E-state index in [1.165, 1.54) is 25.9 Å². The Bertz CT molecular complexity index is 458. The number of likely N-dealkylation sites (tertiary alicyclic amines) is 1. The van der Waals surface area contributed by atoms with Gasteiger partial charge in [-0.15, -0.1) is 0 Å². The van der Waals surface area contributed by atoms with E-state index in [4.69, 9.17) is 0 Å². The largest absolute Gasteiger partial charge is 0.355 e. The van der Waals surface area contributed by atoms with Crippen molar-refractivity contribution in [2.45, 2.75) is 44.7 Å². The topological polar surface area (TPSA) is 73.8 Å². The van der Waals surface area contributed by atoms with E-state index in [1.54, 1.807) is 7.05 Å². The summed E-state index contributed by atoms with van der Waals surface area (Å²) in [6.07, 6.45) is 4.38. The number of aliphatic imine (C=N–C) groups is 1. The second kappa shape index (κ2) is 7.45. The first-order valence-electron chi connectivity index (χ1n) is 7.95. The third-order valence-corrected chi connectivity index (χ3v) is 6.20. The molecular formula is C14H28N4O2S. The van der Waals surface area contributed by atoms with Crippen LogP contribution >= 0.6 is 0 Å². The third-order valence-electron chi connectivity index (χ3n) is 4.43. The number of sulfone groups is 1. The van der Waals surface area contributed by atoms with Crippen molar-refractivity contribution in [3.05, 3.63) is 0 Å². The molecule has 2 aliphatic heterocycles. The molecule has 0 aliphatic carbocycles. The Labute approximate surface area is 128 Å². The summed E-state index contributed by atoms with van der Waals surface area (Å²) in [6.45, 7) is 5.44. The zero-order valence-corrected chi connectivity index (χ0v) is 14.0. The molecule has 2 N–H and O–H groups in total. The summed E-state index contributed by atoms with van der Waals surface area (Å²) in [4.78, 5) is 6.74. The molecule has 0 aromatic heterocycles. The molecule has 2 saturated heterocycles. The molecule has 2 aliphatic rings. The average molecular weight is 316 g/mol. The molecule has 2 unspecified atom stereocenters. The lowest BCUT2D eigenvalue weighted by molar-refractivity contribution is 0.236. The average Bonchev–Trinajstić information content (AvgIpc) is 3.08. The van der Waals surface area contributed by atoms with Crippen molar-refractivity contribution in [1.82, 2.24) is 15.5 Å². The third kappa shape index (κ3) is 4.85. The van der Waals surface area contributed by atoms with Gasteiger partial charge in [-0.3, -0.25) is 9.89 Å². The smallest absolute Gasteiger partial charge is 0.191 e. The number of hydrogen-bond donors (Lipinski definition) is 2. The van der Waals surface area contributed by atoms with Crippen LogP contribution in [-0.4, -0.2) is 69.5 Å². The van der Waals surface area contributed by atoms with Crippen LogP contribution in [0.25, 0.3) is 0 Å². The van der Waals surface area contributed by atoms with Gasteiger partial charge in [-0.1, -0.05) is 6.92 Å². The van der Waals surface area contributed by atoms with E-state index in [2.05, 4.69) is 27.4 Å². The first kappa shape index (κ1) is 16.5. The molecule has 7 heteroatoms. The van der Waals surface area contributed by atoms with Crippen LogP contribution in [-0.2, 0) is 9.84 Å². The van der Waals surface area contributed by atoms with Crippen LogP contribution in [0.1, 0.15) is 32.6 Å². The Morgan fingerprint density at radius 3 is 2.62 bits per heavy atom. The molecule has 21 heavy (non-hydrogen) atoms. The highest BCUT2D eigenvalue weighted by Crippen LogP contribution is 2.14. The highest BCUT2D eigenvalue weighted by molar-refractivity contribution is 7.91. The van der Waals surface area contributed by atoms with Gasteiger partial charge in [0.25, 0.3) is 0 Å². The van der Waals surface area contributed by atoms with E-state index in [0.29, 0.717) is 12.5 Å². The second-order valence-electron chi connectivity index (χ2n) is 6.00. The minimum Gasteiger partial charge on any atom is -0.355 e. The molecule has 2 rings (SSSR count). The molecule has 0 saturated carbocycles. The molecular weight excluding hydrogens is 288 g/mol. The fraction of sp³-hybridized carbons (Fsp3) is 0.929. The Morgan fingerprint density at radius 2 is 2.10 bits per heavy atom. The number of hydrogen-bond acceptors (Lipinski definition) is 4. The van der Waals surface area contributed by atoms with Gasteiger partial charge < -0.3 is 10.6 Å². The van der Waals surface area contributed by atoms with Gasteiger partial charge in [0.2, 0.25) is 0 Å². The molecule has 6 nitrogen and oxygen atoms in total. The molecule has 0 spiro atoms. The Kier molecular flexibility index (Phi) is 5.87. The van der Waals surface area contributed by atoms with Crippen molar-refractivity contribution in [3.8, 4) is 0 Å². The quantitative estimate of drug-likeness (QED) is 0.560. The standard InChI is InChI=1S/C14H28N4O2S/c1-3-13(18-7-4-5-8-18)10-16-14(15-2)17-12-6-9-21(19,20)11-12/h12-13H,3-11H2,1-2H3,(H2,15,16,17). The fourth-order valence-corrected chi connectivity index (χ4v) is 4.82. The van der Waals surface area contributed by atoms with E-state index in [1.807, 2.05) is 0 Å². The summed E-state index contributed by atoms with van der Waals surface area (Å²) >= 11 is 0. The van der Waals surface area contributed by atoms with E-state index in [0.717, 1.165) is 18.9 Å². The summed E-state index contributed by atoms with van der Waals surface area (Å²) in [5.74, 6) is 1.22. The molecule has 122 valence electrons. The van der Waals surface area contributed by atoms with Crippen LogP contribution in [0.3, 0.4) is 0 Å². The second-order valence-corrected chi connectivity index (χ2v) is 8.23. The first-order valence-corrected chi connectivity index (χ1v) is 9.78. The van der Waals surface area contributed by atoms with Gasteiger partial charge in [0.15, 0.2) is 15.8 Å². The molecule has 0 aromatic rings. The van der Waals surface area contributed by atoms with Crippen LogP contribution in [0.4, 0.5) is 0 Å². The van der Waals surface area contributed by atoms with Gasteiger partial charge in [-0.05, 0) is 38.8 Å². The minimum absolute atomic E-state index is 0.00642. The zero-order valence-electron chi connectivity index (χ0n) is 13.1. The number of nitrogens with one attached hydrogen (secondary N) is 2. The highest BCUT2D eigenvalue weighted by Gasteiger charge is 2.28. The molecule has 2 heterocycles. The van der Waals surface area contributed by atoms with E-state index in [9.17, 15) is 8.42 Å². The summed E-state index contributed by atoms with van der Waals surface area (Å²) in [6, 6.07) is 0.520. The Balaban J connectivity index is 1.79. The van der Waals surface area contributed by atoms with Gasteiger partial charge in [0.1, 0.15) is 0 Å². The van der Waals surface area contributed by atoms with Gasteiger partial charge in [-0.25, -0.2) is 8.42 Å². The van der Waals surface area contributed by atoms with Gasteiger partial charge in [-0.2, -0.15) is 0 Å². The SMILES string of the molecule is CCC(CNC(=NC)NC1CCS(=O)(=O)C1)N1CCCC1. The monoisotopic (exact) mass is 316 g/mol. The number of rotatable bonds is 5. The minimum atomic E-state index is -2.85. The van der Waals surface area contributed by atoms with Crippen molar-refractivity contribution in [3.63, 3.8) is 0 Å².